The van der Waals surface area contributed by atoms with Crippen molar-refractivity contribution in [3.8, 4) is 0 Å². The highest BCUT2D eigenvalue weighted by molar-refractivity contribution is 5.80. The lowest BCUT2D eigenvalue weighted by Crippen LogP contribution is -2.46. The second kappa shape index (κ2) is 5.62. The van der Waals surface area contributed by atoms with Crippen molar-refractivity contribution in [2.75, 3.05) is 26.7 Å². The Bertz CT molecular complexity index is 419. The maximum absolute atomic E-state index is 12.6. The zero-order chi connectivity index (χ0) is 15.0. The van der Waals surface area contributed by atoms with Gasteiger partial charge in [0.2, 0.25) is 11.8 Å². The maximum atomic E-state index is 12.6. The molecule has 1 saturated carbocycles. The van der Waals surface area contributed by atoms with Crippen LogP contribution in [0, 0.1) is 17.3 Å². The summed E-state index contributed by atoms with van der Waals surface area (Å²) in [7, 11) is 1.90. The number of carbonyl (C=O) groups excluding carboxylic acids is 2. The van der Waals surface area contributed by atoms with Gasteiger partial charge in [0.05, 0.1) is 0 Å². The van der Waals surface area contributed by atoms with Crippen LogP contribution in [0.1, 0.15) is 51.9 Å². The molecule has 0 atom stereocenters. The monoisotopic (exact) mass is 292 g/mol. The minimum Gasteiger partial charge on any atom is -0.345 e. The normalized spacial score (nSPS) is 32.8. The van der Waals surface area contributed by atoms with E-state index in [0.717, 1.165) is 51.2 Å². The van der Waals surface area contributed by atoms with Gasteiger partial charge in [0.15, 0.2) is 0 Å². The predicted molar refractivity (Wildman–Crippen MR) is 81.6 cm³/mol. The molecule has 21 heavy (non-hydrogen) atoms. The van der Waals surface area contributed by atoms with Crippen molar-refractivity contribution >= 4 is 11.8 Å². The number of nitrogens with zero attached hydrogens (tertiary/aromatic N) is 2. The molecule has 0 radical (unpaired) electrons. The minimum absolute atomic E-state index is 0.156. The zero-order valence-electron chi connectivity index (χ0n) is 13.4. The van der Waals surface area contributed by atoms with Crippen molar-refractivity contribution < 1.29 is 9.59 Å². The van der Waals surface area contributed by atoms with E-state index in [1.165, 1.54) is 12.8 Å². The lowest BCUT2D eigenvalue weighted by atomic mass is 9.76. The molecule has 2 saturated heterocycles. The Balaban J connectivity index is 1.54. The molecule has 0 bridgehead atoms. The smallest absolute Gasteiger partial charge is 0.225 e. The van der Waals surface area contributed by atoms with Gasteiger partial charge in [-0.25, -0.2) is 0 Å². The molecule has 4 heteroatoms. The summed E-state index contributed by atoms with van der Waals surface area (Å²) in [4.78, 5) is 28.4. The summed E-state index contributed by atoms with van der Waals surface area (Å²) in [6, 6.07) is 0. The van der Waals surface area contributed by atoms with Crippen LogP contribution >= 0.6 is 0 Å². The fourth-order valence-corrected chi connectivity index (χ4v) is 4.40. The van der Waals surface area contributed by atoms with E-state index in [1.54, 1.807) is 0 Å². The van der Waals surface area contributed by atoms with Gasteiger partial charge in [0.25, 0.3) is 0 Å². The average Bonchev–Trinajstić information content (AvgIpc) is 2.74. The van der Waals surface area contributed by atoms with Crippen LogP contribution in [0.4, 0.5) is 0 Å². The average molecular weight is 292 g/mol. The molecule has 2 aliphatic heterocycles. The molecule has 3 fully saturated rings. The molecule has 0 aromatic rings. The first-order chi connectivity index (χ1) is 9.99. The van der Waals surface area contributed by atoms with Gasteiger partial charge in [0, 0.05) is 44.4 Å². The Hall–Kier alpha value is -1.06. The third-order valence-electron chi connectivity index (χ3n) is 6.03. The topological polar surface area (TPSA) is 40.6 Å². The standard InChI is InChI=1S/C17H28N2O2/c1-13-3-5-14(6-4-13)16(21)19-9-7-17(8-10-19)11-15(20)18(2)12-17/h13-14H,3-12H2,1-2H3. The van der Waals surface area contributed by atoms with Gasteiger partial charge in [-0.2, -0.15) is 0 Å². The van der Waals surface area contributed by atoms with Crippen LogP contribution in [0.25, 0.3) is 0 Å². The number of hydrogen-bond acceptors (Lipinski definition) is 2. The summed E-state index contributed by atoms with van der Waals surface area (Å²) in [6.07, 6.45) is 7.23. The summed E-state index contributed by atoms with van der Waals surface area (Å²) in [5.41, 5.74) is 0.156. The first-order valence-corrected chi connectivity index (χ1v) is 8.52. The van der Waals surface area contributed by atoms with Crippen LogP contribution in [0.15, 0.2) is 0 Å². The summed E-state index contributed by atoms with van der Waals surface area (Å²) in [6.45, 7) is 4.88. The van der Waals surface area contributed by atoms with Crippen LogP contribution in [0.2, 0.25) is 0 Å². The quantitative estimate of drug-likeness (QED) is 0.744. The van der Waals surface area contributed by atoms with Crippen LogP contribution in [-0.2, 0) is 9.59 Å². The number of amides is 2. The first-order valence-electron chi connectivity index (χ1n) is 8.52. The van der Waals surface area contributed by atoms with E-state index in [0.29, 0.717) is 12.3 Å². The molecule has 2 heterocycles. The number of likely N-dealkylation sites (tertiary alicyclic amines) is 2. The van der Waals surface area contributed by atoms with Crippen LogP contribution in [-0.4, -0.2) is 48.3 Å². The van der Waals surface area contributed by atoms with E-state index in [9.17, 15) is 9.59 Å². The minimum atomic E-state index is 0.156. The molecule has 2 amide bonds. The lowest BCUT2D eigenvalue weighted by Gasteiger charge is -2.40. The third-order valence-corrected chi connectivity index (χ3v) is 6.03. The van der Waals surface area contributed by atoms with Gasteiger partial charge in [-0.1, -0.05) is 6.92 Å². The van der Waals surface area contributed by atoms with E-state index >= 15 is 0 Å². The zero-order valence-corrected chi connectivity index (χ0v) is 13.4. The summed E-state index contributed by atoms with van der Waals surface area (Å²) < 4.78 is 0. The number of piperidine rings is 1. The van der Waals surface area contributed by atoms with Gasteiger partial charge >= 0.3 is 0 Å². The van der Waals surface area contributed by atoms with Crippen molar-refractivity contribution in [1.29, 1.82) is 0 Å². The molecule has 0 unspecified atom stereocenters. The Morgan fingerprint density at radius 2 is 1.76 bits per heavy atom. The van der Waals surface area contributed by atoms with Gasteiger partial charge < -0.3 is 9.80 Å². The molecule has 4 nitrogen and oxygen atoms in total. The van der Waals surface area contributed by atoms with E-state index in [2.05, 4.69) is 11.8 Å². The van der Waals surface area contributed by atoms with E-state index in [4.69, 9.17) is 0 Å². The molecule has 1 aliphatic carbocycles. The molecular weight excluding hydrogens is 264 g/mol. The maximum Gasteiger partial charge on any atom is 0.225 e. The van der Waals surface area contributed by atoms with Gasteiger partial charge in [-0.05, 0) is 44.4 Å². The fraction of sp³-hybridized carbons (Fsp3) is 0.882. The Labute approximate surface area is 127 Å². The highest BCUT2D eigenvalue weighted by Crippen LogP contribution is 2.41. The van der Waals surface area contributed by atoms with E-state index in [1.807, 2.05) is 11.9 Å². The molecule has 3 rings (SSSR count). The van der Waals surface area contributed by atoms with Gasteiger partial charge in [-0.3, -0.25) is 9.59 Å². The summed E-state index contributed by atoms with van der Waals surface area (Å²) in [5.74, 6) is 1.72. The van der Waals surface area contributed by atoms with Crippen molar-refractivity contribution in [2.24, 2.45) is 17.3 Å². The largest absolute Gasteiger partial charge is 0.345 e. The second-order valence-corrected chi connectivity index (χ2v) is 7.71. The molecule has 0 aromatic carbocycles. The van der Waals surface area contributed by atoms with Crippen molar-refractivity contribution in [2.45, 2.75) is 51.9 Å². The molecule has 0 aromatic heterocycles. The number of carbonyl (C=O) groups is 2. The Morgan fingerprint density at radius 1 is 1.14 bits per heavy atom. The van der Waals surface area contributed by atoms with Crippen molar-refractivity contribution in [3.05, 3.63) is 0 Å². The van der Waals surface area contributed by atoms with Crippen LogP contribution in [0.3, 0.4) is 0 Å². The molecule has 0 N–H and O–H groups in total. The lowest BCUT2D eigenvalue weighted by molar-refractivity contribution is -0.139. The van der Waals surface area contributed by atoms with Crippen LogP contribution in [0.5, 0.6) is 0 Å². The van der Waals surface area contributed by atoms with Crippen molar-refractivity contribution in [3.63, 3.8) is 0 Å². The highest BCUT2D eigenvalue weighted by Gasteiger charge is 2.44. The second-order valence-electron chi connectivity index (χ2n) is 7.71. The van der Waals surface area contributed by atoms with Gasteiger partial charge in [0.1, 0.15) is 0 Å². The third kappa shape index (κ3) is 2.95. The SMILES string of the molecule is CC1CCC(C(=O)N2CCC3(CC2)CC(=O)N(C)C3)CC1. The molecule has 1 spiro atoms. The Morgan fingerprint density at radius 3 is 2.29 bits per heavy atom. The molecule has 118 valence electrons. The van der Waals surface area contributed by atoms with Gasteiger partial charge in [-0.15, -0.1) is 0 Å². The number of rotatable bonds is 1. The number of hydrogen-bond donors (Lipinski definition) is 0. The molecule has 3 aliphatic rings. The first kappa shape index (κ1) is 14.9. The summed E-state index contributed by atoms with van der Waals surface area (Å²) in [5, 5.41) is 0. The Kier molecular flexibility index (Phi) is 3.98. The summed E-state index contributed by atoms with van der Waals surface area (Å²) >= 11 is 0. The fourth-order valence-electron chi connectivity index (χ4n) is 4.40. The van der Waals surface area contributed by atoms with E-state index < -0.39 is 0 Å². The van der Waals surface area contributed by atoms with Crippen LogP contribution < -0.4 is 0 Å². The predicted octanol–water partition coefficient (Wildman–Crippen LogP) is 2.28. The van der Waals surface area contributed by atoms with E-state index in [-0.39, 0.29) is 17.2 Å². The molecular formula is C17H28N2O2. The highest BCUT2D eigenvalue weighted by atomic mass is 16.2. The van der Waals surface area contributed by atoms with Crippen molar-refractivity contribution in [1.82, 2.24) is 9.80 Å².